The minimum absolute atomic E-state index is 0.0213. The number of aryl methyl sites for hydroxylation is 1. The lowest BCUT2D eigenvalue weighted by Gasteiger charge is -2.27. The number of amides is 1. The monoisotopic (exact) mass is 413 g/mol. The molecular weight excluding hydrogens is 386 g/mol. The number of benzene rings is 2. The highest BCUT2D eigenvalue weighted by atomic mass is 16.2. The lowest BCUT2D eigenvalue weighted by molar-refractivity contribution is -0.134. The summed E-state index contributed by atoms with van der Waals surface area (Å²) in [5.74, 6) is 0.945. The largest absolute Gasteiger partial charge is 0.353 e. The first kappa shape index (κ1) is 20.8. The summed E-state index contributed by atoms with van der Waals surface area (Å²) in [5.41, 5.74) is 4.89. The number of nitriles is 1. The van der Waals surface area contributed by atoms with Crippen LogP contribution < -0.4 is 4.90 Å². The van der Waals surface area contributed by atoms with Crippen molar-refractivity contribution in [3.05, 3.63) is 53.6 Å². The predicted octanol–water partition coefficient (Wildman–Crippen LogP) is 4.17. The topological polar surface area (TPSA) is 73.1 Å². The molecule has 6 heteroatoms. The van der Waals surface area contributed by atoms with Gasteiger partial charge in [-0.1, -0.05) is 38.1 Å². The third kappa shape index (κ3) is 3.96. The molecule has 3 aromatic rings. The number of carbonyl (C=O) groups excluding carboxylic acids is 1. The van der Waals surface area contributed by atoms with Gasteiger partial charge in [-0.15, -0.1) is 0 Å². The van der Waals surface area contributed by atoms with Gasteiger partial charge in [0.1, 0.15) is 5.69 Å². The molecule has 0 bridgehead atoms. The highest BCUT2D eigenvalue weighted by molar-refractivity contribution is 5.84. The van der Waals surface area contributed by atoms with E-state index in [2.05, 4.69) is 11.0 Å². The molecule has 1 fully saturated rings. The highest BCUT2D eigenvalue weighted by Crippen LogP contribution is 2.33. The molecule has 158 valence electrons. The molecular formula is C25H27N5O. The van der Waals surface area contributed by atoms with Crippen molar-refractivity contribution < 1.29 is 4.79 Å². The van der Waals surface area contributed by atoms with Crippen molar-refractivity contribution in [3.8, 4) is 17.3 Å². The van der Waals surface area contributed by atoms with Gasteiger partial charge in [-0.2, -0.15) is 5.26 Å². The van der Waals surface area contributed by atoms with Crippen LogP contribution in [0.25, 0.3) is 22.3 Å². The van der Waals surface area contributed by atoms with Crippen LogP contribution in [0.1, 0.15) is 31.4 Å². The number of hydrogen-bond acceptors (Lipinski definition) is 5. The Labute approximate surface area is 183 Å². The van der Waals surface area contributed by atoms with Crippen LogP contribution in [-0.2, 0) is 4.79 Å². The van der Waals surface area contributed by atoms with E-state index in [0.717, 1.165) is 46.6 Å². The van der Waals surface area contributed by atoms with E-state index in [4.69, 9.17) is 9.97 Å². The highest BCUT2D eigenvalue weighted by Gasteiger charge is 2.31. The van der Waals surface area contributed by atoms with Crippen molar-refractivity contribution >= 4 is 22.8 Å². The van der Waals surface area contributed by atoms with Gasteiger partial charge < -0.3 is 9.80 Å². The molecule has 1 atom stereocenters. The third-order valence-corrected chi connectivity index (χ3v) is 6.04. The number of hydrogen-bond donors (Lipinski definition) is 0. The van der Waals surface area contributed by atoms with Gasteiger partial charge in [-0.25, -0.2) is 9.97 Å². The van der Waals surface area contributed by atoms with Gasteiger partial charge in [-0.3, -0.25) is 4.79 Å². The van der Waals surface area contributed by atoms with Crippen LogP contribution in [-0.4, -0.2) is 47.0 Å². The van der Waals surface area contributed by atoms with Crippen LogP contribution in [0.15, 0.2) is 42.5 Å². The SMILES string of the molecule is Cc1ccc(-c2nc3ccccc3nc2N2CC[C@H](N(C)C(=O)C(C)C)C2)cc1C#N. The van der Waals surface area contributed by atoms with E-state index in [0.29, 0.717) is 12.1 Å². The van der Waals surface area contributed by atoms with Crippen LogP contribution >= 0.6 is 0 Å². The van der Waals surface area contributed by atoms with Crippen LogP contribution in [0.5, 0.6) is 0 Å². The van der Waals surface area contributed by atoms with Gasteiger partial charge in [-0.05, 0) is 37.1 Å². The molecule has 0 aliphatic carbocycles. The maximum Gasteiger partial charge on any atom is 0.225 e. The molecule has 0 N–H and O–H groups in total. The molecule has 0 unspecified atom stereocenters. The predicted molar refractivity (Wildman–Crippen MR) is 123 cm³/mol. The van der Waals surface area contributed by atoms with Gasteiger partial charge in [0.15, 0.2) is 5.82 Å². The molecule has 1 saturated heterocycles. The second kappa shape index (κ2) is 8.35. The quantitative estimate of drug-likeness (QED) is 0.642. The molecule has 6 nitrogen and oxygen atoms in total. The summed E-state index contributed by atoms with van der Waals surface area (Å²) in [6, 6.07) is 16.1. The number of aromatic nitrogens is 2. The number of anilines is 1. The lowest BCUT2D eigenvalue weighted by atomic mass is 10.0. The number of rotatable bonds is 4. The first-order valence-corrected chi connectivity index (χ1v) is 10.7. The van der Waals surface area contributed by atoms with Gasteiger partial charge >= 0.3 is 0 Å². The van der Waals surface area contributed by atoms with Gasteiger partial charge in [0.25, 0.3) is 0 Å². The Morgan fingerprint density at radius 2 is 1.90 bits per heavy atom. The minimum Gasteiger partial charge on any atom is -0.353 e. The molecule has 2 heterocycles. The van der Waals surface area contributed by atoms with E-state index in [1.54, 1.807) is 0 Å². The van der Waals surface area contributed by atoms with Gasteiger partial charge in [0, 0.05) is 31.6 Å². The Balaban J connectivity index is 1.76. The maximum absolute atomic E-state index is 12.5. The molecule has 0 saturated carbocycles. The Kier molecular flexibility index (Phi) is 5.60. The van der Waals surface area contributed by atoms with Crippen LogP contribution in [0.2, 0.25) is 0 Å². The Bertz CT molecular complexity index is 1180. The van der Waals surface area contributed by atoms with Crippen molar-refractivity contribution in [2.75, 3.05) is 25.0 Å². The Morgan fingerprint density at radius 1 is 1.19 bits per heavy atom. The van der Waals surface area contributed by atoms with E-state index in [-0.39, 0.29) is 17.9 Å². The van der Waals surface area contributed by atoms with Crippen LogP contribution in [0.3, 0.4) is 0 Å². The standard InChI is InChI=1S/C25H27N5O/c1-16(2)25(31)29(4)20-11-12-30(15-20)24-23(18-10-9-17(3)19(13-18)14-26)27-21-7-5-6-8-22(21)28-24/h5-10,13,16,20H,11-12,15H2,1-4H3/t20-/m0/s1. The smallest absolute Gasteiger partial charge is 0.225 e. The number of fused-ring (bicyclic) bond motifs is 1. The van der Waals surface area contributed by atoms with Crippen molar-refractivity contribution in [2.45, 2.75) is 33.2 Å². The summed E-state index contributed by atoms with van der Waals surface area (Å²) in [5, 5.41) is 9.50. The van der Waals surface area contributed by atoms with Crippen molar-refractivity contribution in [1.82, 2.24) is 14.9 Å². The molecule has 1 amide bonds. The molecule has 4 rings (SSSR count). The van der Waals surface area contributed by atoms with E-state index in [1.807, 2.05) is 75.2 Å². The van der Waals surface area contributed by atoms with Crippen LogP contribution in [0.4, 0.5) is 5.82 Å². The van der Waals surface area contributed by atoms with Gasteiger partial charge in [0.2, 0.25) is 5.91 Å². The first-order chi connectivity index (χ1) is 14.9. The average molecular weight is 414 g/mol. The number of likely N-dealkylation sites (N-methyl/N-ethyl adjacent to an activating group) is 1. The zero-order chi connectivity index (χ0) is 22.1. The minimum atomic E-state index is -0.0213. The summed E-state index contributed by atoms with van der Waals surface area (Å²) >= 11 is 0. The van der Waals surface area contributed by atoms with E-state index < -0.39 is 0 Å². The molecule has 31 heavy (non-hydrogen) atoms. The van der Waals surface area contributed by atoms with E-state index in [9.17, 15) is 10.1 Å². The molecule has 0 spiro atoms. The maximum atomic E-state index is 12.5. The average Bonchev–Trinajstić information content (AvgIpc) is 3.27. The Morgan fingerprint density at radius 3 is 2.58 bits per heavy atom. The van der Waals surface area contributed by atoms with Crippen molar-refractivity contribution in [3.63, 3.8) is 0 Å². The number of carbonyl (C=O) groups is 1. The summed E-state index contributed by atoms with van der Waals surface area (Å²) < 4.78 is 0. The van der Waals surface area contributed by atoms with E-state index in [1.165, 1.54) is 0 Å². The molecule has 2 aromatic carbocycles. The fraction of sp³-hybridized carbons (Fsp3) is 0.360. The molecule has 0 radical (unpaired) electrons. The van der Waals surface area contributed by atoms with Gasteiger partial charge in [0.05, 0.1) is 28.7 Å². The molecule has 1 aromatic heterocycles. The van der Waals surface area contributed by atoms with Crippen molar-refractivity contribution in [2.24, 2.45) is 5.92 Å². The molecule has 1 aliphatic rings. The lowest BCUT2D eigenvalue weighted by Crippen LogP contribution is -2.41. The number of para-hydroxylation sites is 2. The summed E-state index contributed by atoms with van der Waals surface area (Å²) in [6.45, 7) is 7.32. The first-order valence-electron chi connectivity index (χ1n) is 10.7. The van der Waals surface area contributed by atoms with E-state index >= 15 is 0 Å². The van der Waals surface area contributed by atoms with Crippen molar-refractivity contribution in [1.29, 1.82) is 5.26 Å². The fourth-order valence-corrected chi connectivity index (χ4v) is 4.13. The Hall–Kier alpha value is -3.46. The third-order valence-electron chi connectivity index (χ3n) is 6.04. The zero-order valence-corrected chi connectivity index (χ0v) is 18.5. The zero-order valence-electron chi connectivity index (χ0n) is 18.5. The number of nitrogens with zero attached hydrogens (tertiary/aromatic N) is 5. The van der Waals surface area contributed by atoms with Crippen LogP contribution in [0, 0.1) is 24.2 Å². The fourth-order valence-electron chi connectivity index (χ4n) is 4.13. The summed E-state index contributed by atoms with van der Waals surface area (Å²) in [6.07, 6.45) is 0.889. The molecule has 1 aliphatic heterocycles. The second-order valence-corrected chi connectivity index (χ2v) is 8.52. The summed E-state index contributed by atoms with van der Waals surface area (Å²) in [4.78, 5) is 26.5. The second-order valence-electron chi connectivity index (χ2n) is 8.52. The summed E-state index contributed by atoms with van der Waals surface area (Å²) in [7, 11) is 1.89. The normalized spacial score (nSPS) is 16.0.